The van der Waals surface area contributed by atoms with E-state index >= 15 is 0 Å². The fourth-order valence-electron chi connectivity index (χ4n) is 3.89. The summed E-state index contributed by atoms with van der Waals surface area (Å²) in [4.78, 5) is 28.3. The third kappa shape index (κ3) is 3.56. The van der Waals surface area contributed by atoms with Crippen LogP contribution in [0.4, 0.5) is 0 Å². The molecule has 1 amide bonds. The molecular formula is C24H24N2O4. The maximum atomic E-state index is 12.6. The predicted octanol–water partition coefficient (Wildman–Crippen LogP) is 3.80. The van der Waals surface area contributed by atoms with E-state index in [1.54, 1.807) is 7.11 Å². The van der Waals surface area contributed by atoms with Gasteiger partial charge >= 0.3 is 5.63 Å². The summed E-state index contributed by atoms with van der Waals surface area (Å²) in [6.07, 6.45) is 2.67. The van der Waals surface area contributed by atoms with Crippen molar-refractivity contribution < 1.29 is 13.9 Å². The standard InChI is InChI=1S/C24H24N2O4/c1-14-17-8-9-21(29-3)15(2)23(17)30-24(28)19(14)12-22(27)25-11-10-16-13-26-20-7-5-4-6-18(16)20/h4-9,13,26H,10-12H2,1-3H3,(H,25,27). The Hall–Kier alpha value is -3.54. The number of amides is 1. The number of rotatable bonds is 6. The highest BCUT2D eigenvalue weighted by molar-refractivity contribution is 5.87. The number of hydrogen-bond donors (Lipinski definition) is 2. The Balaban J connectivity index is 1.48. The predicted molar refractivity (Wildman–Crippen MR) is 117 cm³/mol. The molecule has 0 radical (unpaired) electrons. The molecule has 4 aromatic rings. The summed E-state index contributed by atoms with van der Waals surface area (Å²) in [6, 6.07) is 11.8. The molecule has 2 heterocycles. The molecule has 2 N–H and O–H groups in total. The molecule has 6 heteroatoms. The first-order chi connectivity index (χ1) is 14.5. The fourth-order valence-corrected chi connectivity index (χ4v) is 3.89. The van der Waals surface area contributed by atoms with Crippen molar-refractivity contribution in [3.63, 3.8) is 0 Å². The maximum absolute atomic E-state index is 12.6. The number of aromatic amines is 1. The smallest absolute Gasteiger partial charge is 0.340 e. The van der Waals surface area contributed by atoms with Gasteiger partial charge in [0.25, 0.3) is 0 Å². The van der Waals surface area contributed by atoms with Gasteiger partial charge in [0.2, 0.25) is 5.91 Å². The molecule has 154 valence electrons. The number of para-hydroxylation sites is 1. The number of carbonyl (C=O) groups excluding carboxylic acids is 1. The van der Waals surface area contributed by atoms with Gasteiger partial charge in [-0.25, -0.2) is 4.79 Å². The normalized spacial score (nSPS) is 11.2. The summed E-state index contributed by atoms with van der Waals surface area (Å²) in [7, 11) is 1.58. The van der Waals surface area contributed by atoms with Crippen LogP contribution in [-0.4, -0.2) is 24.5 Å². The molecule has 0 saturated carbocycles. The summed E-state index contributed by atoms with van der Waals surface area (Å²) in [5.41, 5.74) is 4.16. The van der Waals surface area contributed by atoms with Crippen molar-refractivity contribution in [2.75, 3.05) is 13.7 Å². The molecule has 0 atom stereocenters. The lowest BCUT2D eigenvalue weighted by molar-refractivity contribution is -0.120. The van der Waals surface area contributed by atoms with E-state index in [1.165, 1.54) is 0 Å². The molecule has 2 aromatic heterocycles. The summed E-state index contributed by atoms with van der Waals surface area (Å²) in [5, 5.41) is 4.88. The molecule has 0 aliphatic rings. The van der Waals surface area contributed by atoms with Crippen molar-refractivity contribution in [3.8, 4) is 5.75 Å². The first kappa shape index (κ1) is 19.8. The SMILES string of the molecule is COc1ccc2c(C)c(CC(=O)NCCc3c[nH]c4ccccc34)c(=O)oc2c1C. The van der Waals surface area contributed by atoms with Gasteiger partial charge in [0.1, 0.15) is 11.3 Å². The molecule has 6 nitrogen and oxygen atoms in total. The van der Waals surface area contributed by atoms with Crippen molar-refractivity contribution in [2.24, 2.45) is 0 Å². The van der Waals surface area contributed by atoms with Gasteiger partial charge in [0.05, 0.1) is 19.1 Å². The number of fused-ring (bicyclic) bond motifs is 2. The molecule has 2 aromatic carbocycles. The molecule has 0 spiro atoms. The number of aryl methyl sites for hydroxylation is 2. The Morgan fingerprint density at radius 3 is 2.70 bits per heavy atom. The topological polar surface area (TPSA) is 84.3 Å². The van der Waals surface area contributed by atoms with Crippen LogP contribution in [0.25, 0.3) is 21.9 Å². The third-order valence-corrected chi connectivity index (χ3v) is 5.60. The lowest BCUT2D eigenvalue weighted by Gasteiger charge is -2.11. The molecule has 0 saturated heterocycles. The van der Waals surface area contributed by atoms with Crippen molar-refractivity contribution in [3.05, 3.63) is 75.3 Å². The van der Waals surface area contributed by atoms with Crippen molar-refractivity contribution in [2.45, 2.75) is 26.7 Å². The molecule has 0 aliphatic heterocycles. The van der Waals surface area contributed by atoms with Crippen LogP contribution < -0.4 is 15.7 Å². The summed E-state index contributed by atoms with van der Waals surface area (Å²) < 4.78 is 10.8. The zero-order valence-corrected chi connectivity index (χ0v) is 17.3. The van der Waals surface area contributed by atoms with Gasteiger partial charge in [-0.05, 0) is 49.6 Å². The second kappa shape index (κ2) is 8.06. The van der Waals surface area contributed by atoms with Crippen LogP contribution >= 0.6 is 0 Å². The summed E-state index contributed by atoms with van der Waals surface area (Å²) in [5.74, 6) is 0.461. The van der Waals surface area contributed by atoms with Gasteiger partial charge < -0.3 is 19.5 Å². The monoisotopic (exact) mass is 404 g/mol. The van der Waals surface area contributed by atoms with Crippen LogP contribution in [-0.2, 0) is 17.6 Å². The Kier molecular flexibility index (Phi) is 5.31. The number of carbonyl (C=O) groups is 1. The van der Waals surface area contributed by atoms with E-state index in [0.29, 0.717) is 29.9 Å². The van der Waals surface area contributed by atoms with E-state index in [-0.39, 0.29) is 12.3 Å². The lowest BCUT2D eigenvalue weighted by Crippen LogP contribution is -2.29. The molecule has 4 rings (SSSR count). The summed E-state index contributed by atoms with van der Waals surface area (Å²) >= 11 is 0. The van der Waals surface area contributed by atoms with E-state index in [2.05, 4.69) is 16.4 Å². The number of H-pyrrole nitrogens is 1. The van der Waals surface area contributed by atoms with Crippen LogP contribution in [0.2, 0.25) is 0 Å². The van der Waals surface area contributed by atoms with Crippen LogP contribution in [0.5, 0.6) is 5.75 Å². The second-order valence-electron chi connectivity index (χ2n) is 7.40. The number of ether oxygens (including phenoxy) is 1. The minimum Gasteiger partial charge on any atom is -0.496 e. The van der Waals surface area contributed by atoms with Gasteiger partial charge in [-0.2, -0.15) is 0 Å². The number of aromatic nitrogens is 1. The average Bonchev–Trinajstić information content (AvgIpc) is 3.15. The second-order valence-corrected chi connectivity index (χ2v) is 7.40. The maximum Gasteiger partial charge on any atom is 0.340 e. The quantitative estimate of drug-likeness (QED) is 0.479. The average molecular weight is 404 g/mol. The van der Waals surface area contributed by atoms with Gasteiger partial charge in [-0.15, -0.1) is 0 Å². The van der Waals surface area contributed by atoms with E-state index in [9.17, 15) is 9.59 Å². The largest absolute Gasteiger partial charge is 0.496 e. The number of methoxy groups -OCH3 is 1. The molecule has 0 fully saturated rings. The molecule has 30 heavy (non-hydrogen) atoms. The van der Waals surface area contributed by atoms with E-state index < -0.39 is 5.63 Å². The van der Waals surface area contributed by atoms with Crippen molar-refractivity contribution >= 4 is 27.8 Å². The number of benzene rings is 2. The van der Waals surface area contributed by atoms with Gasteiger partial charge in [-0.1, -0.05) is 18.2 Å². The van der Waals surface area contributed by atoms with Crippen LogP contribution in [0.15, 0.2) is 51.8 Å². The summed E-state index contributed by atoms with van der Waals surface area (Å²) in [6.45, 7) is 4.19. The molecule has 0 aliphatic carbocycles. The Morgan fingerprint density at radius 2 is 1.90 bits per heavy atom. The number of hydrogen-bond acceptors (Lipinski definition) is 4. The Labute approximate surface area is 173 Å². The molecule has 0 unspecified atom stereocenters. The highest BCUT2D eigenvalue weighted by atomic mass is 16.5. The van der Waals surface area contributed by atoms with Crippen LogP contribution in [0.1, 0.15) is 22.3 Å². The van der Waals surface area contributed by atoms with Crippen molar-refractivity contribution in [1.82, 2.24) is 10.3 Å². The van der Waals surface area contributed by atoms with E-state index in [4.69, 9.17) is 9.15 Å². The van der Waals surface area contributed by atoms with Gasteiger partial charge in [-0.3, -0.25) is 4.79 Å². The lowest BCUT2D eigenvalue weighted by atomic mass is 10.0. The molecule has 0 bridgehead atoms. The first-order valence-electron chi connectivity index (χ1n) is 9.91. The minimum atomic E-state index is -0.483. The zero-order valence-electron chi connectivity index (χ0n) is 17.3. The highest BCUT2D eigenvalue weighted by Crippen LogP contribution is 2.29. The third-order valence-electron chi connectivity index (χ3n) is 5.60. The fraction of sp³-hybridized carbons (Fsp3) is 0.250. The molecular weight excluding hydrogens is 380 g/mol. The Morgan fingerprint density at radius 1 is 1.10 bits per heavy atom. The zero-order chi connectivity index (χ0) is 21.3. The van der Waals surface area contributed by atoms with E-state index in [1.807, 2.05) is 50.4 Å². The van der Waals surface area contributed by atoms with Crippen LogP contribution in [0.3, 0.4) is 0 Å². The number of nitrogens with one attached hydrogen (secondary N) is 2. The minimum absolute atomic E-state index is 0.0108. The van der Waals surface area contributed by atoms with Gasteiger partial charge in [0.15, 0.2) is 0 Å². The van der Waals surface area contributed by atoms with Crippen molar-refractivity contribution in [1.29, 1.82) is 0 Å². The Bertz CT molecular complexity index is 1300. The van der Waals surface area contributed by atoms with Crippen LogP contribution in [0, 0.1) is 13.8 Å². The van der Waals surface area contributed by atoms with E-state index in [0.717, 1.165) is 33.0 Å². The highest BCUT2D eigenvalue weighted by Gasteiger charge is 2.17. The first-order valence-corrected chi connectivity index (χ1v) is 9.91. The van der Waals surface area contributed by atoms with Gasteiger partial charge in [0, 0.05) is 34.6 Å².